The molecule has 6 nitrogen and oxygen atoms in total. The largest absolute Gasteiger partial charge is 0.457 e. The summed E-state index contributed by atoms with van der Waals surface area (Å²) in [6.45, 7) is 1.22. The summed E-state index contributed by atoms with van der Waals surface area (Å²) in [6.07, 6.45) is -5.75. The molecule has 0 unspecified atom stereocenters. The zero-order chi connectivity index (χ0) is 14.6. The molecule has 0 spiro atoms. The number of nitrogens with one attached hydrogen (secondary N) is 1. The van der Waals surface area contributed by atoms with Gasteiger partial charge in [-0.2, -0.15) is 0 Å². The van der Waals surface area contributed by atoms with Crippen LogP contribution in [0, 0.1) is 0 Å². The van der Waals surface area contributed by atoms with Gasteiger partial charge in [0.15, 0.2) is 18.6 Å². The van der Waals surface area contributed by atoms with Gasteiger partial charge < -0.3 is 19.5 Å². The first-order chi connectivity index (χ1) is 8.90. The van der Waals surface area contributed by atoms with Gasteiger partial charge in [-0.15, -0.1) is 0 Å². The number of amides is 1. The van der Waals surface area contributed by atoms with Crippen molar-refractivity contribution in [2.75, 3.05) is 13.8 Å². The van der Waals surface area contributed by atoms with Gasteiger partial charge >= 0.3 is 5.97 Å². The van der Waals surface area contributed by atoms with E-state index in [4.69, 9.17) is 14.2 Å². The molecule has 1 amide bonds. The maximum absolute atomic E-state index is 14.0. The lowest BCUT2D eigenvalue weighted by atomic mass is 9.98. The number of rotatable bonds is 4. The van der Waals surface area contributed by atoms with E-state index in [2.05, 4.69) is 5.32 Å². The zero-order valence-corrected chi connectivity index (χ0v) is 10.9. The molecule has 1 fully saturated rings. The Hall–Kier alpha value is -1.28. The van der Waals surface area contributed by atoms with Gasteiger partial charge in [-0.05, 0) is 0 Å². The predicted octanol–water partition coefficient (Wildman–Crippen LogP) is 0.102. The number of carbonyl (C=O) groups is 2. The van der Waals surface area contributed by atoms with E-state index in [1.165, 1.54) is 14.0 Å². The Kier molecular flexibility index (Phi) is 5.61. The monoisotopic (exact) mass is 281 g/mol. The highest BCUT2D eigenvalue weighted by molar-refractivity contribution is 5.73. The first-order valence-corrected chi connectivity index (χ1v) is 5.73. The van der Waals surface area contributed by atoms with Crippen molar-refractivity contribution in [2.24, 2.45) is 0 Å². The van der Waals surface area contributed by atoms with Crippen LogP contribution >= 0.6 is 0 Å². The molecule has 1 rings (SSSR count). The number of methoxy groups -OCH3 is 1. The summed E-state index contributed by atoms with van der Waals surface area (Å²) < 4.78 is 41.5. The fraction of sp³-hybridized carbons (Fsp3) is 0.818. The van der Waals surface area contributed by atoms with Crippen LogP contribution in [0.2, 0.25) is 0 Å². The van der Waals surface area contributed by atoms with Crippen molar-refractivity contribution in [1.29, 1.82) is 0 Å². The fourth-order valence-corrected chi connectivity index (χ4v) is 1.93. The zero-order valence-electron chi connectivity index (χ0n) is 10.9. The average Bonchev–Trinajstić information content (AvgIpc) is 2.33. The molecule has 1 heterocycles. The van der Waals surface area contributed by atoms with Crippen LogP contribution in [0.3, 0.4) is 0 Å². The van der Waals surface area contributed by atoms with Gasteiger partial charge in [0, 0.05) is 21.0 Å². The van der Waals surface area contributed by atoms with E-state index in [0.29, 0.717) is 0 Å². The van der Waals surface area contributed by atoms with Crippen LogP contribution < -0.4 is 5.32 Å². The van der Waals surface area contributed by atoms with Crippen molar-refractivity contribution in [2.45, 2.75) is 44.6 Å². The summed E-state index contributed by atoms with van der Waals surface area (Å²) in [7, 11) is 1.26. The van der Waals surface area contributed by atoms with Crippen LogP contribution in [0.25, 0.3) is 0 Å². The molecule has 0 aromatic heterocycles. The lowest BCUT2D eigenvalue weighted by Crippen LogP contribution is -2.64. The van der Waals surface area contributed by atoms with Crippen LogP contribution in [0.1, 0.15) is 13.8 Å². The van der Waals surface area contributed by atoms with E-state index in [-0.39, 0.29) is 0 Å². The Bertz CT molecular complexity index is 341. The second-order valence-corrected chi connectivity index (χ2v) is 4.18. The van der Waals surface area contributed by atoms with Gasteiger partial charge in [-0.1, -0.05) is 0 Å². The second kappa shape index (κ2) is 6.76. The summed E-state index contributed by atoms with van der Waals surface area (Å²) in [5.74, 6) is -1.21. The topological polar surface area (TPSA) is 73.9 Å². The van der Waals surface area contributed by atoms with Crippen LogP contribution in [0.4, 0.5) is 8.78 Å². The number of ether oxygens (including phenoxy) is 3. The van der Waals surface area contributed by atoms with Crippen molar-refractivity contribution in [3.8, 4) is 0 Å². The molecular formula is C11H17F2NO5. The van der Waals surface area contributed by atoms with Crippen molar-refractivity contribution in [3.63, 3.8) is 0 Å². The molecule has 110 valence electrons. The third kappa shape index (κ3) is 3.84. The van der Waals surface area contributed by atoms with Crippen molar-refractivity contribution >= 4 is 11.9 Å². The first-order valence-electron chi connectivity index (χ1n) is 5.73. The second-order valence-electron chi connectivity index (χ2n) is 4.18. The van der Waals surface area contributed by atoms with Crippen LogP contribution in [0.5, 0.6) is 0 Å². The minimum Gasteiger partial charge on any atom is -0.457 e. The van der Waals surface area contributed by atoms with Crippen molar-refractivity contribution in [1.82, 2.24) is 5.32 Å². The quantitative estimate of drug-likeness (QED) is 0.740. The van der Waals surface area contributed by atoms with Crippen LogP contribution in [-0.2, 0) is 23.8 Å². The van der Waals surface area contributed by atoms with E-state index in [1.807, 2.05) is 0 Å². The molecule has 0 aromatic rings. The maximum atomic E-state index is 14.0. The molecule has 0 aromatic carbocycles. The van der Waals surface area contributed by atoms with Gasteiger partial charge in [0.1, 0.15) is 18.8 Å². The summed E-state index contributed by atoms with van der Waals surface area (Å²) in [6, 6.07) is -1.04. The average molecular weight is 281 g/mol. The summed E-state index contributed by atoms with van der Waals surface area (Å²) in [5, 5.41) is 2.38. The molecular weight excluding hydrogens is 264 g/mol. The number of alkyl halides is 2. The molecule has 1 saturated heterocycles. The van der Waals surface area contributed by atoms with Crippen LogP contribution in [-0.4, -0.2) is 56.4 Å². The van der Waals surface area contributed by atoms with Gasteiger partial charge in [0.2, 0.25) is 5.91 Å². The number of esters is 1. The van der Waals surface area contributed by atoms with Gasteiger partial charge in [0.25, 0.3) is 0 Å². The third-order valence-electron chi connectivity index (χ3n) is 2.68. The summed E-state index contributed by atoms with van der Waals surface area (Å²) in [4.78, 5) is 22.1. The molecule has 1 N–H and O–H groups in total. The Morgan fingerprint density at radius 2 is 2.00 bits per heavy atom. The molecule has 0 radical (unpaired) electrons. The van der Waals surface area contributed by atoms with E-state index >= 15 is 0 Å². The Morgan fingerprint density at radius 1 is 1.37 bits per heavy atom. The maximum Gasteiger partial charge on any atom is 0.303 e. The van der Waals surface area contributed by atoms with E-state index in [1.54, 1.807) is 0 Å². The molecule has 8 heteroatoms. The number of hydrogen-bond acceptors (Lipinski definition) is 5. The Labute approximate surface area is 109 Å². The number of hydrogen-bond donors (Lipinski definition) is 1. The molecule has 19 heavy (non-hydrogen) atoms. The van der Waals surface area contributed by atoms with Gasteiger partial charge in [-0.25, -0.2) is 8.78 Å². The first kappa shape index (κ1) is 15.8. The predicted molar refractivity (Wildman–Crippen MR) is 59.7 cm³/mol. The molecule has 0 bridgehead atoms. The highest BCUT2D eigenvalue weighted by Gasteiger charge is 2.49. The van der Waals surface area contributed by atoms with E-state index < -0.39 is 49.3 Å². The normalized spacial score (nSPS) is 34.7. The summed E-state index contributed by atoms with van der Waals surface area (Å²) >= 11 is 0. The lowest BCUT2D eigenvalue weighted by Gasteiger charge is -2.41. The molecule has 0 saturated carbocycles. The number of carbonyl (C=O) groups excluding carboxylic acids is 2. The molecule has 0 aliphatic carbocycles. The lowest BCUT2D eigenvalue weighted by molar-refractivity contribution is -0.251. The third-order valence-corrected chi connectivity index (χ3v) is 2.68. The molecule has 5 atom stereocenters. The van der Waals surface area contributed by atoms with Crippen molar-refractivity contribution in [3.05, 3.63) is 0 Å². The number of halogens is 2. The molecule has 1 aliphatic rings. The Morgan fingerprint density at radius 3 is 2.42 bits per heavy atom. The highest BCUT2D eigenvalue weighted by atomic mass is 19.1. The smallest absolute Gasteiger partial charge is 0.303 e. The van der Waals surface area contributed by atoms with Gasteiger partial charge in [-0.3, -0.25) is 9.59 Å². The van der Waals surface area contributed by atoms with Gasteiger partial charge in [0.05, 0.1) is 0 Å². The van der Waals surface area contributed by atoms with Crippen molar-refractivity contribution < 1.29 is 32.6 Å². The standard InChI is InChI=1S/C11H17F2NO5/c1-5(15)14-9-10(18-6(2)16)8(13)7(4-12)19-11(9)17-3/h7-11H,4H2,1-3H3,(H,14,15)/t7-,8+,9-,10+,11+/m1/s1. The highest BCUT2D eigenvalue weighted by Crippen LogP contribution is 2.27. The SMILES string of the molecule is CO[C@H]1O[C@H](CF)[C@H](F)[C@H](OC(C)=O)[C@H]1NC(C)=O. The minimum absolute atomic E-state index is 0.473. The fourth-order valence-electron chi connectivity index (χ4n) is 1.93. The molecule has 1 aliphatic heterocycles. The van der Waals surface area contributed by atoms with Crippen LogP contribution in [0.15, 0.2) is 0 Å². The summed E-state index contributed by atoms with van der Waals surface area (Å²) in [5.41, 5.74) is 0. The minimum atomic E-state index is -1.89. The van der Waals surface area contributed by atoms with E-state index in [0.717, 1.165) is 6.92 Å². The van der Waals surface area contributed by atoms with E-state index in [9.17, 15) is 18.4 Å². The Balaban J connectivity index is 2.96.